The lowest BCUT2D eigenvalue weighted by Gasteiger charge is -2.27. The number of hydrogen-bond acceptors (Lipinski definition) is 6. The molecule has 1 heterocycles. The molecule has 9 heteroatoms. The average Bonchev–Trinajstić information content (AvgIpc) is 2.46. The summed E-state index contributed by atoms with van der Waals surface area (Å²) in [7, 11) is -0.374. The third-order valence-electron chi connectivity index (χ3n) is 3.27. The maximum Gasteiger partial charge on any atom is 0.320 e. The highest BCUT2D eigenvalue weighted by molar-refractivity contribution is 7.85. The van der Waals surface area contributed by atoms with Crippen molar-refractivity contribution in [2.45, 2.75) is 25.4 Å². The minimum Gasteiger partial charge on any atom is -0.480 e. The zero-order valence-electron chi connectivity index (χ0n) is 14.5. The standard InChI is InChI=1S/C10H15NO3S.C5H11NO2.H3N/c1-2-10-6-3-4-7-11(10)8-5-9-15(12,13)14;1-4(5(7)8)6(2)3;/h2-4,6-7,10H,1,5,8-9H2,(H,12,13,14);4H,1-3H3,(H,7,8);1H3. The summed E-state index contributed by atoms with van der Waals surface area (Å²) in [4.78, 5) is 13.7. The molecule has 2 atom stereocenters. The molecule has 0 aromatic carbocycles. The predicted octanol–water partition coefficient (Wildman–Crippen LogP) is 1.39. The third-order valence-corrected chi connectivity index (χ3v) is 4.08. The Labute approximate surface area is 144 Å². The van der Waals surface area contributed by atoms with Gasteiger partial charge >= 0.3 is 5.97 Å². The van der Waals surface area contributed by atoms with E-state index in [0.717, 1.165) is 0 Å². The van der Waals surface area contributed by atoms with E-state index in [4.69, 9.17) is 9.66 Å². The number of carboxylic acids is 1. The quantitative estimate of drug-likeness (QED) is 0.456. The molecule has 0 radical (unpaired) electrons. The Morgan fingerprint density at radius 1 is 1.42 bits per heavy atom. The number of allylic oxidation sites excluding steroid dienone is 2. The van der Waals surface area contributed by atoms with Crippen LogP contribution >= 0.6 is 0 Å². The summed E-state index contributed by atoms with van der Waals surface area (Å²) in [6.45, 7) is 5.92. The highest BCUT2D eigenvalue weighted by Gasteiger charge is 2.12. The first kappa shape index (κ1) is 24.6. The van der Waals surface area contributed by atoms with Gasteiger partial charge in [-0.15, -0.1) is 6.58 Å². The van der Waals surface area contributed by atoms with Gasteiger partial charge in [0.2, 0.25) is 0 Å². The van der Waals surface area contributed by atoms with Crippen molar-refractivity contribution in [2.75, 3.05) is 26.4 Å². The van der Waals surface area contributed by atoms with Crippen molar-refractivity contribution < 1.29 is 22.9 Å². The van der Waals surface area contributed by atoms with Gasteiger partial charge in [-0.3, -0.25) is 14.2 Å². The molecule has 0 aromatic rings. The van der Waals surface area contributed by atoms with Crippen molar-refractivity contribution in [3.63, 3.8) is 0 Å². The Kier molecular flexibility index (Phi) is 12.1. The first-order chi connectivity index (χ1) is 10.6. The number of nitrogens with zero attached hydrogens (tertiary/aromatic N) is 2. The van der Waals surface area contributed by atoms with Crippen LogP contribution in [0.15, 0.2) is 37.1 Å². The van der Waals surface area contributed by atoms with Crippen LogP contribution in [-0.4, -0.2) is 72.3 Å². The monoisotopic (exact) mass is 363 g/mol. The molecule has 2 unspecified atom stereocenters. The smallest absolute Gasteiger partial charge is 0.320 e. The SMILES string of the molecule is C=CC1C=CC=CN1CCCS(=O)(=O)O.CC(C(=O)O)N(C)C.N. The third kappa shape index (κ3) is 10.9. The number of carboxylic acid groups (broad SMARTS) is 1. The molecule has 0 saturated carbocycles. The molecular weight excluding hydrogens is 334 g/mol. The number of rotatable bonds is 7. The minimum absolute atomic E-state index is 0. The molecule has 0 spiro atoms. The van der Waals surface area contributed by atoms with Gasteiger partial charge in [-0.1, -0.05) is 18.2 Å². The number of carbonyl (C=O) groups is 1. The highest BCUT2D eigenvalue weighted by atomic mass is 32.2. The number of hydrogen-bond donors (Lipinski definition) is 3. The van der Waals surface area contributed by atoms with Crippen LogP contribution in [0.2, 0.25) is 0 Å². The predicted molar refractivity (Wildman–Crippen MR) is 95.8 cm³/mol. The molecule has 0 fully saturated rings. The van der Waals surface area contributed by atoms with Crippen molar-refractivity contribution in [1.82, 2.24) is 16.0 Å². The van der Waals surface area contributed by atoms with E-state index in [1.165, 1.54) is 0 Å². The lowest BCUT2D eigenvalue weighted by molar-refractivity contribution is -0.141. The second-order valence-corrected chi connectivity index (χ2v) is 6.88. The summed E-state index contributed by atoms with van der Waals surface area (Å²) in [5, 5.41) is 8.31. The molecule has 8 nitrogen and oxygen atoms in total. The summed E-state index contributed by atoms with van der Waals surface area (Å²) in [6.07, 6.45) is 9.85. The van der Waals surface area contributed by atoms with Crippen molar-refractivity contribution in [3.05, 3.63) is 37.1 Å². The van der Waals surface area contributed by atoms with Crippen molar-refractivity contribution in [1.29, 1.82) is 0 Å². The highest BCUT2D eigenvalue weighted by Crippen LogP contribution is 2.09. The van der Waals surface area contributed by atoms with Crippen LogP contribution < -0.4 is 6.15 Å². The molecule has 5 N–H and O–H groups in total. The molecule has 24 heavy (non-hydrogen) atoms. The summed E-state index contributed by atoms with van der Waals surface area (Å²) < 4.78 is 29.6. The largest absolute Gasteiger partial charge is 0.480 e. The van der Waals surface area contributed by atoms with Crippen LogP contribution in [-0.2, 0) is 14.9 Å². The molecule has 1 aliphatic heterocycles. The topological polar surface area (TPSA) is 133 Å². The van der Waals surface area contributed by atoms with E-state index in [0.29, 0.717) is 13.0 Å². The van der Waals surface area contributed by atoms with Crippen molar-refractivity contribution >= 4 is 16.1 Å². The molecule has 0 aromatic heterocycles. The Morgan fingerprint density at radius 3 is 2.38 bits per heavy atom. The molecular formula is C15H29N3O5S. The number of likely N-dealkylation sites (N-methyl/N-ethyl adjacent to an activating group) is 1. The lowest BCUT2D eigenvalue weighted by atomic mass is 10.2. The van der Waals surface area contributed by atoms with Crippen LogP contribution in [0.3, 0.4) is 0 Å². The van der Waals surface area contributed by atoms with Crippen molar-refractivity contribution in [3.8, 4) is 0 Å². The number of aliphatic carboxylic acids is 1. The molecule has 0 aliphatic carbocycles. The fraction of sp³-hybridized carbons (Fsp3) is 0.533. The Hall–Kier alpha value is -1.68. The molecule has 0 saturated heterocycles. The second kappa shape index (κ2) is 11.8. The van der Waals surface area contributed by atoms with Gasteiger partial charge in [0.25, 0.3) is 10.1 Å². The van der Waals surface area contributed by atoms with Gasteiger partial charge in [-0.05, 0) is 39.7 Å². The molecule has 0 bridgehead atoms. The van der Waals surface area contributed by atoms with E-state index in [2.05, 4.69) is 6.58 Å². The fourth-order valence-corrected chi connectivity index (χ4v) is 2.13. The summed E-state index contributed by atoms with van der Waals surface area (Å²) in [5.41, 5.74) is 0. The normalized spacial score (nSPS) is 17.5. The van der Waals surface area contributed by atoms with Gasteiger partial charge in [0, 0.05) is 6.54 Å². The second-order valence-electron chi connectivity index (χ2n) is 5.31. The first-order valence-electron chi connectivity index (χ1n) is 7.16. The van der Waals surface area contributed by atoms with Crippen LogP contribution in [0.5, 0.6) is 0 Å². The van der Waals surface area contributed by atoms with E-state index in [1.807, 2.05) is 29.3 Å². The summed E-state index contributed by atoms with van der Waals surface area (Å²) in [5.74, 6) is -0.986. The molecule has 140 valence electrons. The van der Waals surface area contributed by atoms with Crippen molar-refractivity contribution in [2.24, 2.45) is 0 Å². The van der Waals surface area contributed by atoms with Crippen LogP contribution in [0.25, 0.3) is 0 Å². The maximum absolute atomic E-state index is 10.5. The van der Waals surface area contributed by atoms with E-state index in [-0.39, 0.29) is 24.0 Å². The minimum atomic E-state index is -3.84. The molecule has 1 rings (SSSR count). The first-order valence-corrected chi connectivity index (χ1v) is 8.77. The molecule has 1 aliphatic rings. The van der Waals surface area contributed by atoms with Gasteiger partial charge in [0.15, 0.2) is 0 Å². The lowest BCUT2D eigenvalue weighted by Crippen LogP contribution is -2.32. The Bertz CT molecular complexity index is 543. The van der Waals surface area contributed by atoms with Gasteiger partial charge in [-0.25, -0.2) is 0 Å². The Morgan fingerprint density at radius 2 is 2.00 bits per heavy atom. The molecule has 0 amide bonds. The average molecular weight is 363 g/mol. The van der Waals surface area contributed by atoms with Gasteiger partial charge in [0.1, 0.15) is 6.04 Å². The van der Waals surface area contributed by atoms with E-state index >= 15 is 0 Å². The zero-order chi connectivity index (χ0) is 18.0. The van der Waals surface area contributed by atoms with E-state index in [9.17, 15) is 13.2 Å². The van der Waals surface area contributed by atoms with Crippen LogP contribution in [0.1, 0.15) is 13.3 Å². The fourth-order valence-electron chi connectivity index (χ4n) is 1.64. The van der Waals surface area contributed by atoms with Gasteiger partial charge < -0.3 is 16.2 Å². The van der Waals surface area contributed by atoms with E-state index < -0.39 is 16.1 Å². The Balaban J connectivity index is 0. The van der Waals surface area contributed by atoms with Gasteiger partial charge in [0.05, 0.1) is 11.8 Å². The summed E-state index contributed by atoms with van der Waals surface area (Å²) in [6, 6.07) is -0.272. The van der Waals surface area contributed by atoms with Crippen LogP contribution in [0, 0.1) is 0 Å². The maximum atomic E-state index is 10.5. The van der Waals surface area contributed by atoms with E-state index in [1.54, 1.807) is 32.0 Å². The van der Waals surface area contributed by atoms with Crippen LogP contribution in [0.4, 0.5) is 0 Å². The zero-order valence-corrected chi connectivity index (χ0v) is 15.3. The summed E-state index contributed by atoms with van der Waals surface area (Å²) >= 11 is 0. The van der Waals surface area contributed by atoms with Gasteiger partial charge in [-0.2, -0.15) is 8.42 Å².